The van der Waals surface area contributed by atoms with Gasteiger partial charge in [-0.05, 0) is 81.1 Å². The molecule has 0 aromatic heterocycles. The third kappa shape index (κ3) is 2.94. The van der Waals surface area contributed by atoms with Crippen LogP contribution in [0.5, 0.6) is 0 Å². The molecule has 1 fully saturated rings. The zero-order valence-corrected chi connectivity index (χ0v) is 15.8. The maximum absolute atomic E-state index is 6.38. The summed E-state index contributed by atoms with van der Waals surface area (Å²) >= 11 is 0. The Balaban J connectivity index is 1.84. The maximum atomic E-state index is 6.38. The average molecular weight is 334 g/mol. The number of aryl methyl sites for hydroxylation is 2. The molecular formula is C22H27BO2. The first-order valence-corrected chi connectivity index (χ1v) is 9.44. The van der Waals surface area contributed by atoms with Crippen molar-refractivity contribution in [2.45, 2.75) is 64.6 Å². The molecule has 1 heterocycles. The summed E-state index contributed by atoms with van der Waals surface area (Å²) in [5, 5.41) is 0. The van der Waals surface area contributed by atoms with Crippen LogP contribution in [-0.4, -0.2) is 18.3 Å². The molecule has 1 aliphatic carbocycles. The molecule has 2 aromatic carbocycles. The lowest BCUT2D eigenvalue weighted by molar-refractivity contribution is 0.00578. The van der Waals surface area contributed by atoms with Gasteiger partial charge in [-0.25, -0.2) is 0 Å². The molecule has 2 aromatic rings. The number of fused-ring (bicyclic) bond motifs is 1. The highest BCUT2D eigenvalue weighted by Gasteiger charge is 2.52. The van der Waals surface area contributed by atoms with E-state index in [1.165, 1.54) is 47.0 Å². The van der Waals surface area contributed by atoms with Gasteiger partial charge in [0.1, 0.15) is 0 Å². The highest BCUT2D eigenvalue weighted by Crippen LogP contribution is 2.38. The lowest BCUT2D eigenvalue weighted by Crippen LogP contribution is -2.41. The zero-order valence-electron chi connectivity index (χ0n) is 15.8. The fourth-order valence-corrected chi connectivity index (χ4v) is 3.84. The minimum absolute atomic E-state index is 0.313. The summed E-state index contributed by atoms with van der Waals surface area (Å²) in [5.41, 5.74) is 5.98. The normalized spacial score (nSPS) is 21.2. The van der Waals surface area contributed by atoms with Gasteiger partial charge >= 0.3 is 7.12 Å². The van der Waals surface area contributed by atoms with Crippen molar-refractivity contribution in [3.05, 3.63) is 53.6 Å². The first-order chi connectivity index (χ1) is 11.9. The molecule has 1 aliphatic heterocycles. The molecule has 0 N–H and O–H groups in total. The van der Waals surface area contributed by atoms with Crippen molar-refractivity contribution in [3.63, 3.8) is 0 Å². The van der Waals surface area contributed by atoms with Crippen LogP contribution in [0.4, 0.5) is 0 Å². The monoisotopic (exact) mass is 334 g/mol. The van der Waals surface area contributed by atoms with Crippen LogP contribution in [0.3, 0.4) is 0 Å². The van der Waals surface area contributed by atoms with Gasteiger partial charge in [-0.3, -0.25) is 0 Å². The van der Waals surface area contributed by atoms with E-state index in [1.807, 2.05) is 0 Å². The van der Waals surface area contributed by atoms with Gasteiger partial charge in [-0.1, -0.05) is 42.5 Å². The van der Waals surface area contributed by atoms with Crippen LogP contribution >= 0.6 is 0 Å². The van der Waals surface area contributed by atoms with Gasteiger partial charge in [-0.15, -0.1) is 0 Å². The molecule has 0 bridgehead atoms. The van der Waals surface area contributed by atoms with Crippen LogP contribution in [0.1, 0.15) is 51.7 Å². The third-order valence-electron chi connectivity index (χ3n) is 6.11. The predicted molar refractivity (Wildman–Crippen MR) is 104 cm³/mol. The zero-order chi connectivity index (χ0) is 17.7. The van der Waals surface area contributed by atoms with Crippen LogP contribution < -0.4 is 5.46 Å². The molecule has 0 unspecified atom stereocenters. The van der Waals surface area contributed by atoms with Crippen molar-refractivity contribution in [2.24, 2.45) is 0 Å². The molecule has 0 saturated carbocycles. The van der Waals surface area contributed by atoms with Crippen molar-refractivity contribution in [1.82, 2.24) is 0 Å². The van der Waals surface area contributed by atoms with Gasteiger partial charge in [0, 0.05) is 0 Å². The Kier molecular flexibility index (Phi) is 4.05. The Labute approximate surface area is 151 Å². The lowest BCUT2D eigenvalue weighted by Gasteiger charge is -2.32. The standard InChI is InChI=1S/C22H27BO2/c1-21(2)22(3,4)25-23(24-21)20-15-18-13-9-8-12-17(18)14-19(20)16-10-6-5-7-11-16/h5-7,10-11,14-15H,8-9,12-13H2,1-4H3. The summed E-state index contributed by atoms with van der Waals surface area (Å²) in [6.45, 7) is 8.47. The SMILES string of the molecule is CC1(C)OB(c2cc3c(cc2-c2ccccc2)CCCC3)OC1(C)C. The summed E-state index contributed by atoms with van der Waals surface area (Å²) in [7, 11) is -0.313. The molecule has 2 aliphatic rings. The van der Waals surface area contributed by atoms with Crippen LogP contribution in [0.2, 0.25) is 0 Å². The fourth-order valence-electron chi connectivity index (χ4n) is 3.84. The first kappa shape index (κ1) is 16.9. The van der Waals surface area contributed by atoms with E-state index in [2.05, 4.69) is 70.2 Å². The van der Waals surface area contributed by atoms with Crippen LogP contribution in [0.15, 0.2) is 42.5 Å². The van der Waals surface area contributed by atoms with E-state index in [1.54, 1.807) is 0 Å². The van der Waals surface area contributed by atoms with Crippen molar-refractivity contribution in [3.8, 4) is 11.1 Å². The lowest BCUT2D eigenvalue weighted by atomic mass is 9.71. The van der Waals surface area contributed by atoms with E-state index >= 15 is 0 Å². The molecule has 4 rings (SSSR count). The largest absolute Gasteiger partial charge is 0.495 e. The molecular weight excluding hydrogens is 307 g/mol. The van der Waals surface area contributed by atoms with Crippen molar-refractivity contribution < 1.29 is 9.31 Å². The Hall–Kier alpha value is -1.58. The summed E-state index contributed by atoms with van der Waals surface area (Å²) in [6.07, 6.45) is 4.91. The quantitative estimate of drug-likeness (QED) is 0.751. The van der Waals surface area contributed by atoms with E-state index in [0.717, 1.165) is 6.42 Å². The number of hydrogen-bond donors (Lipinski definition) is 0. The van der Waals surface area contributed by atoms with E-state index in [-0.39, 0.29) is 18.3 Å². The van der Waals surface area contributed by atoms with Crippen LogP contribution in [-0.2, 0) is 22.2 Å². The molecule has 3 heteroatoms. The van der Waals surface area contributed by atoms with Crippen molar-refractivity contribution in [1.29, 1.82) is 0 Å². The maximum Gasteiger partial charge on any atom is 0.495 e. The highest BCUT2D eigenvalue weighted by atomic mass is 16.7. The van der Waals surface area contributed by atoms with Gasteiger partial charge in [-0.2, -0.15) is 0 Å². The van der Waals surface area contributed by atoms with E-state index < -0.39 is 0 Å². The van der Waals surface area contributed by atoms with Gasteiger partial charge in [0.05, 0.1) is 11.2 Å². The molecule has 130 valence electrons. The number of hydrogen-bond acceptors (Lipinski definition) is 2. The Bertz CT molecular complexity index is 764. The van der Waals surface area contributed by atoms with Crippen molar-refractivity contribution >= 4 is 12.6 Å². The second-order valence-corrected chi connectivity index (χ2v) is 8.37. The molecule has 0 spiro atoms. The van der Waals surface area contributed by atoms with E-state index in [9.17, 15) is 0 Å². The van der Waals surface area contributed by atoms with E-state index in [4.69, 9.17) is 9.31 Å². The van der Waals surface area contributed by atoms with Gasteiger partial charge in [0.25, 0.3) is 0 Å². The minimum Gasteiger partial charge on any atom is -0.399 e. The number of benzene rings is 2. The summed E-state index contributed by atoms with van der Waals surface area (Å²) in [4.78, 5) is 0. The topological polar surface area (TPSA) is 18.5 Å². The molecule has 0 amide bonds. The number of rotatable bonds is 2. The smallest absolute Gasteiger partial charge is 0.399 e. The van der Waals surface area contributed by atoms with Gasteiger partial charge in [0.2, 0.25) is 0 Å². The minimum atomic E-state index is -0.318. The molecule has 1 saturated heterocycles. The van der Waals surface area contributed by atoms with Crippen LogP contribution in [0.25, 0.3) is 11.1 Å². The third-order valence-corrected chi connectivity index (χ3v) is 6.11. The van der Waals surface area contributed by atoms with Crippen molar-refractivity contribution in [2.75, 3.05) is 0 Å². The molecule has 25 heavy (non-hydrogen) atoms. The van der Waals surface area contributed by atoms with E-state index in [0.29, 0.717) is 0 Å². The van der Waals surface area contributed by atoms with Gasteiger partial charge < -0.3 is 9.31 Å². The Morgan fingerprint density at radius 2 is 1.36 bits per heavy atom. The molecule has 0 radical (unpaired) electrons. The van der Waals surface area contributed by atoms with Crippen LogP contribution in [0, 0.1) is 0 Å². The van der Waals surface area contributed by atoms with Gasteiger partial charge in [0.15, 0.2) is 0 Å². The molecule has 2 nitrogen and oxygen atoms in total. The highest BCUT2D eigenvalue weighted by molar-refractivity contribution is 6.64. The second kappa shape index (κ2) is 6.00. The second-order valence-electron chi connectivity index (χ2n) is 8.37. The predicted octanol–water partition coefficient (Wildman–Crippen LogP) is 4.53. The summed E-state index contributed by atoms with van der Waals surface area (Å²) in [5.74, 6) is 0. The summed E-state index contributed by atoms with van der Waals surface area (Å²) < 4.78 is 12.8. The Morgan fingerprint density at radius 3 is 1.96 bits per heavy atom. The molecule has 0 atom stereocenters. The summed E-state index contributed by atoms with van der Waals surface area (Å²) in [6, 6.07) is 15.4. The Morgan fingerprint density at radius 1 is 0.800 bits per heavy atom. The fraction of sp³-hybridized carbons (Fsp3) is 0.455. The average Bonchev–Trinajstić information content (AvgIpc) is 2.82. The first-order valence-electron chi connectivity index (χ1n) is 9.44.